The Morgan fingerprint density at radius 1 is 1.06 bits per heavy atom. The molecule has 0 aliphatic carbocycles. The molecule has 2 aromatic rings. The first-order valence-electron chi connectivity index (χ1n) is 5.95. The molecule has 0 fully saturated rings. The number of hydrogen-bond donors (Lipinski definition) is 0. The van der Waals surface area contributed by atoms with Gasteiger partial charge in [0.2, 0.25) is 0 Å². The molecule has 0 amide bonds. The van der Waals surface area contributed by atoms with Crippen molar-refractivity contribution < 1.29 is 9.53 Å². The minimum Gasteiger partial charge on any atom is -0.497 e. The van der Waals surface area contributed by atoms with Gasteiger partial charge in [0.25, 0.3) is 0 Å². The Hall–Kier alpha value is -2.09. The quantitative estimate of drug-likeness (QED) is 0.762. The lowest BCUT2D eigenvalue weighted by atomic mass is 9.92. The molecule has 2 nitrogen and oxygen atoms in total. The van der Waals surface area contributed by atoms with Crippen molar-refractivity contribution in [2.45, 2.75) is 12.8 Å². The first-order valence-corrected chi connectivity index (χ1v) is 5.95. The molecule has 0 aliphatic rings. The first kappa shape index (κ1) is 12.4. The summed E-state index contributed by atoms with van der Waals surface area (Å²) >= 11 is 0. The molecule has 0 radical (unpaired) electrons. The summed E-state index contributed by atoms with van der Waals surface area (Å²) in [7, 11) is 1.60. The van der Waals surface area contributed by atoms with E-state index in [1.54, 1.807) is 13.2 Å². The number of benzene rings is 2. The molecular formula is C16H16O2. The van der Waals surface area contributed by atoms with E-state index in [4.69, 9.17) is 4.74 Å². The number of hydrogen-bond acceptors (Lipinski definition) is 2. The molecule has 0 N–H and O–H groups in total. The smallest absolute Gasteiger partial charge is 0.170 e. The summed E-state index contributed by atoms with van der Waals surface area (Å²) in [6, 6.07) is 17.1. The van der Waals surface area contributed by atoms with E-state index in [9.17, 15) is 4.79 Å². The number of rotatable bonds is 4. The van der Waals surface area contributed by atoms with Crippen molar-refractivity contribution in [1.29, 1.82) is 0 Å². The van der Waals surface area contributed by atoms with Gasteiger partial charge in [0.15, 0.2) is 5.78 Å². The maximum atomic E-state index is 12.4. The summed E-state index contributed by atoms with van der Waals surface area (Å²) in [5.74, 6) is 0.680. The van der Waals surface area contributed by atoms with Crippen LogP contribution in [-0.4, -0.2) is 12.9 Å². The van der Waals surface area contributed by atoms with E-state index in [1.165, 1.54) is 0 Å². The summed E-state index contributed by atoms with van der Waals surface area (Å²) in [5, 5.41) is 0. The summed E-state index contributed by atoms with van der Waals surface area (Å²) in [4.78, 5) is 12.4. The molecule has 1 unspecified atom stereocenters. The van der Waals surface area contributed by atoms with Crippen molar-refractivity contribution in [3.63, 3.8) is 0 Å². The van der Waals surface area contributed by atoms with Gasteiger partial charge in [-0.2, -0.15) is 0 Å². The van der Waals surface area contributed by atoms with Gasteiger partial charge in [0, 0.05) is 11.5 Å². The van der Waals surface area contributed by atoms with Gasteiger partial charge in [-0.15, -0.1) is 0 Å². The minimum atomic E-state index is -0.140. The van der Waals surface area contributed by atoms with E-state index < -0.39 is 0 Å². The van der Waals surface area contributed by atoms with E-state index in [0.29, 0.717) is 11.3 Å². The third kappa shape index (κ3) is 2.59. The fourth-order valence-electron chi connectivity index (χ4n) is 1.92. The molecule has 0 heterocycles. The number of carbonyl (C=O) groups excluding carboxylic acids is 1. The fraction of sp³-hybridized carbons (Fsp3) is 0.188. The third-order valence-electron chi connectivity index (χ3n) is 3.05. The average Bonchev–Trinajstić information content (AvgIpc) is 2.46. The van der Waals surface area contributed by atoms with Crippen LogP contribution in [0.4, 0.5) is 0 Å². The van der Waals surface area contributed by atoms with Crippen molar-refractivity contribution in [1.82, 2.24) is 0 Å². The van der Waals surface area contributed by atoms with Crippen LogP contribution in [0.2, 0.25) is 0 Å². The summed E-state index contributed by atoms with van der Waals surface area (Å²) in [6.07, 6.45) is 0. The molecule has 1 atom stereocenters. The second-order valence-corrected chi connectivity index (χ2v) is 4.23. The maximum Gasteiger partial charge on any atom is 0.170 e. The molecule has 0 bridgehead atoms. The molecule has 0 spiro atoms. The largest absolute Gasteiger partial charge is 0.497 e. The molecule has 0 saturated carbocycles. The Balaban J connectivity index is 2.25. The van der Waals surface area contributed by atoms with Crippen molar-refractivity contribution in [3.8, 4) is 5.75 Å². The highest BCUT2D eigenvalue weighted by Gasteiger charge is 2.17. The lowest BCUT2D eigenvalue weighted by Crippen LogP contribution is -2.09. The van der Waals surface area contributed by atoms with Crippen LogP contribution in [0.1, 0.15) is 28.8 Å². The zero-order chi connectivity index (χ0) is 13.0. The van der Waals surface area contributed by atoms with Crippen molar-refractivity contribution in [2.75, 3.05) is 7.11 Å². The number of carbonyl (C=O) groups is 1. The topological polar surface area (TPSA) is 26.3 Å². The lowest BCUT2D eigenvalue weighted by Gasteiger charge is -2.11. The van der Waals surface area contributed by atoms with Crippen LogP contribution in [0.3, 0.4) is 0 Å². The molecule has 92 valence electrons. The van der Waals surface area contributed by atoms with Gasteiger partial charge in [0.05, 0.1) is 7.11 Å². The SMILES string of the molecule is COc1cccc(C(=O)C(C)c2ccccc2)c1. The van der Waals surface area contributed by atoms with Crippen LogP contribution in [0.25, 0.3) is 0 Å². The highest BCUT2D eigenvalue weighted by molar-refractivity contribution is 6.01. The van der Waals surface area contributed by atoms with E-state index in [-0.39, 0.29) is 11.7 Å². The molecule has 2 aromatic carbocycles. The molecule has 2 heteroatoms. The van der Waals surface area contributed by atoms with Crippen molar-refractivity contribution in [2.24, 2.45) is 0 Å². The zero-order valence-electron chi connectivity index (χ0n) is 10.6. The first-order chi connectivity index (χ1) is 8.72. The number of methoxy groups -OCH3 is 1. The standard InChI is InChI=1S/C16H16O2/c1-12(13-7-4-3-5-8-13)16(17)14-9-6-10-15(11-14)18-2/h3-12H,1-2H3. The second kappa shape index (κ2) is 5.50. The van der Waals surface area contributed by atoms with Crippen LogP contribution in [0.15, 0.2) is 54.6 Å². The number of ether oxygens (including phenoxy) is 1. The van der Waals surface area contributed by atoms with Crippen LogP contribution < -0.4 is 4.74 Å². The van der Waals surface area contributed by atoms with Gasteiger partial charge < -0.3 is 4.74 Å². The zero-order valence-corrected chi connectivity index (χ0v) is 10.6. The Morgan fingerprint density at radius 3 is 2.44 bits per heavy atom. The lowest BCUT2D eigenvalue weighted by molar-refractivity contribution is 0.0966. The summed E-state index contributed by atoms with van der Waals surface area (Å²) in [5.41, 5.74) is 1.72. The molecule has 0 aromatic heterocycles. The highest BCUT2D eigenvalue weighted by atomic mass is 16.5. The van der Waals surface area contributed by atoms with Crippen LogP contribution >= 0.6 is 0 Å². The predicted octanol–water partition coefficient (Wildman–Crippen LogP) is 3.68. The normalized spacial score (nSPS) is 11.9. The Bertz CT molecular complexity index is 532. The average molecular weight is 240 g/mol. The van der Waals surface area contributed by atoms with Gasteiger partial charge in [-0.25, -0.2) is 0 Å². The summed E-state index contributed by atoms with van der Waals surface area (Å²) in [6.45, 7) is 1.93. The van der Waals surface area contributed by atoms with Gasteiger partial charge in [0.1, 0.15) is 5.75 Å². The highest BCUT2D eigenvalue weighted by Crippen LogP contribution is 2.22. The molecular weight excluding hydrogens is 224 g/mol. The third-order valence-corrected chi connectivity index (χ3v) is 3.05. The Morgan fingerprint density at radius 2 is 1.78 bits per heavy atom. The van der Waals surface area contributed by atoms with Gasteiger partial charge in [-0.3, -0.25) is 4.79 Å². The number of Topliss-reactive ketones (excluding diaryl/α,β-unsaturated/α-hetero) is 1. The van der Waals surface area contributed by atoms with Gasteiger partial charge in [-0.05, 0) is 17.7 Å². The van der Waals surface area contributed by atoms with Crippen LogP contribution in [0, 0.1) is 0 Å². The monoisotopic (exact) mass is 240 g/mol. The van der Waals surface area contributed by atoms with Crippen LogP contribution in [-0.2, 0) is 0 Å². The maximum absolute atomic E-state index is 12.4. The van der Waals surface area contributed by atoms with E-state index in [2.05, 4.69) is 0 Å². The summed E-state index contributed by atoms with van der Waals surface area (Å²) < 4.78 is 5.14. The molecule has 18 heavy (non-hydrogen) atoms. The van der Waals surface area contributed by atoms with Crippen LogP contribution in [0.5, 0.6) is 5.75 Å². The van der Waals surface area contributed by atoms with Crippen molar-refractivity contribution in [3.05, 3.63) is 65.7 Å². The molecule has 0 aliphatic heterocycles. The minimum absolute atomic E-state index is 0.111. The van der Waals surface area contributed by atoms with E-state index in [0.717, 1.165) is 5.56 Å². The predicted molar refractivity (Wildman–Crippen MR) is 72.2 cm³/mol. The van der Waals surface area contributed by atoms with Gasteiger partial charge >= 0.3 is 0 Å². The van der Waals surface area contributed by atoms with Crippen molar-refractivity contribution >= 4 is 5.78 Å². The van der Waals surface area contributed by atoms with Gasteiger partial charge in [-0.1, -0.05) is 49.4 Å². The number of ketones is 1. The Labute approximate surface area is 107 Å². The molecule has 2 rings (SSSR count). The van der Waals surface area contributed by atoms with E-state index >= 15 is 0 Å². The second-order valence-electron chi connectivity index (χ2n) is 4.23. The Kier molecular flexibility index (Phi) is 3.78. The fourth-order valence-corrected chi connectivity index (χ4v) is 1.92. The molecule has 0 saturated heterocycles. The van der Waals surface area contributed by atoms with E-state index in [1.807, 2.05) is 55.5 Å².